The molecule has 88 valence electrons. The van der Waals surface area contributed by atoms with Crippen molar-refractivity contribution in [2.24, 2.45) is 5.73 Å². The predicted octanol–water partition coefficient (Wildman–Crippen LogP) is 3.46. The summed E-state index contributed by atoms with van der Waals surface area (Å²) in [5, 5.41) is 1.11. The Kier molecular flexibility index (Phi) is 2.53. The van der Waals surface area contributed by atoms with E-state index in [-0.39, 0.29) is 5.54 Å². The van der Waals surface area contributed by atoms with Gasteiger partial charge < -0.3 is 5.73 Å². The van der Waals surface area contributed by atoms with Crippen molar-refractivity contribution in [1.82, 2.24) is 4.98 Å². The van der Waals surface area contributed by atoms with E-state index in [9.17, 15) is 0 Å². The molecule has 0 atom stereocenters. The molecule has 1 aromatic carbocycles. The molecule has 0 saturated heterocycles. The van der Waals surface area contributed by atoms with Crippen molar-refractivity contribution in [3.05, 3.63) is 40.2 Å². The molecule has 1 aromatic heterocycles. The molecule has 2 aromatic rings. The fourth-order valence-corrected chi connectivity index (χ4v) is 3.34. The maximum atomic E-state index is 6.33. The van der Waals surface area contributed by atoms with Gasteiger partial charge in [0, 0.05) is 10.4 Å². The molecule has 0 aliphatic heterocycles. The van der Waals surface area contributed by atoms with Crippen LogP contribution in [0.25, 0.3) is 11.3 Å². The standard InChI is InChI=1S/C14H16N2S/c1-10-12(11-6-3-2-4-7-11)16-13(17-10)14(15)8-5-9-14/h2-4,6-7H,5,8-9,15H2,1H3. The van der Waals surface area contributed by atoms with E-state index in [1.165, 1.54) is 16.9 Å². The van der Waals surface area contributed by atoms with Crippen LogP contribution in [0.4, 0.5) is 0 Å². The number of hydrogen-bond acceptors (Lipinski definition) is 3. The van der Waals surface area contributed by atoms with Gasteiger partial charge in [-0.15, -0.1) is 11.3 Å². The Morgan fingerprint density at radius 2 is 1.94 bits per heavy atom. The van der Waals surface area contributed by atoms with Gasteiger partial charge >= 0.3 is 0 Å². The van der Waals surface area contributed by atoms with E-state index in [2.05, 4.69) is 31.2 Å². The lowest BCUT2D eigenvalue weighted by molar-refractivity contribution is 0.253. The first-order chi connectivity index (χ1) is 8.19. The smallest absolute Gasteiger partial charge is 0.113 e. The van der Waals surface area contributed by atoms with E-state index >= 15 is 0 Å². The molecule has 0 spiro atoms. The van der Waals surface area contributed by atoms with Crippen molar-refractivity contribution in [2.75, 3.05) is 0 Å². The van der Waals surface area contributed by atoms with Gasteiger partial charge in [-0.05, 0) is 26.2 Å². The molecule has 1 heterocycles. The van der Waals surface area contributed by atoms with Gasteiger partial charge in [0.2, 0.25) is 0 Å². The lowest BCUT2D eigenvalue weighted by Crippen LogP contribution is -2.43. The SMILES string of the molecule is Cc1sc(C2(N)CCC2)nc1-c1ccccc1. The van der Waals surface area contributed by atoms with Crippen LogP contribution in [0.5, 0.6) is 0 Å². The zero-order valence-electron chi connectivity index (χ0n) is 9.94. The van der Waals surface area contributed by atoms with Gasteiger partial charge in [-0.3, -0.25) is 0 Å². The van der Waals surface area contributed by atoms with E-state index in [1.807, 2.05) is 6.07 Å². The van der Waals surface area contributed by atoms with Crippen LogP contribution in [0.2, 0.25) is 0 Å². The van der Waals surface area contributed by atoms with Crippen molar-refractivity contribution < 1.29 is 0 Å². The molecular formula is C14H16N2S. The minimum atomic E-state index is -0.136. The van der Waals surface area contributed by atoms with Crippen LogP contribution >= 0.6 is 11.3 Å². The molecule has 2 nitrogen and oxygen atoms in total. The molecular weight excluding hydrogens is 228 g/mol. The third kappa shape index (κ3) is 1.79. The molecule has 0 bridgehead atoms. The van der Waals surface area contributed by atoms with Crippen LogP contribution in [-0.4, -0.2) is 4.98 Å². The quantitative estimate of drug-likeness (QED) is 0.878. The van der Waals surface area contributed by atoms with Gasteiger partial charge in [-0.25, -0.2) is 4.98 Å². The highest BCUT2D eigenvalue weighted by Gasteiger charge is 2.37. The van der Waals surface area contributed by atoms with Crippen molar-refractivity contribution in [3.8, 4) is 11.3 Å². The number of hydrogen-bond donors (Lipinski definition) is 1. The summed E-state index contributed by atoms with van der Waals surface area (Å²) in [4.78, 5) is 6.03. The summed E-state index contributed by atoms with van der Waals surface area (Å²) in [5.74, 6) is 0. The average molecular weight is 244 g/mol. The van der Waals surface area contributed by atoms with Crippen molar-refractivity contribution in [1.29, 1.82) is 0 Å². The largest absolute Gasteiger partial charge is 0.319 e. The van der Waals surface area contributed by atoms with E-state index in [1.54, 1.807) is 11.3 Å². The van der Waals surface area contributed by atoms with Crippen molar-refractivity contribution >= 4 is 11.3 Å². The van der Waals surface area contributed by atoms with E-state index < -0.39 is 0 Å². The Hall–Kier alpha value is -1.19. The second kappa shape index (κ2) is 3.93. The first-order valence-electron chi connectivity index (χ1n) is 6.01. The van der Waals surface area contributed by atoms with Gasteiger partial charge in [-0.2, -0.15) is 0 Å². The highest BCUT2D eigenvalue weighted by molar-refractivity contribution is 7.12. The van der Waals surface area contributed by atoms with Crippen LogP contribution in [-0.2, 0) is 5.54 Å². The molecule has 2 N–H and O–H groups in total. The minimum Gasteiger partial charge on any atom is -0.319 e. The molecule has 1 saturated carbocycles. The third-order valence-corrected chi connectivity index (χ3v) is 4.71. The van der Waals surface area contributed by atoms with Gasteiger partial charge in [0.1, 0.15) is 5.01 Å². The molecule has 0 radical (unpaired) electrons. The van der Waals surface area contributed by atoms with Gasteiger partial charge in [-0.1, -0.05) is 30.3 Å². The topological polar surface area (TPSA) is 38.9 Å². The lowest BCUT2D eigenvalue weighted by Gasteiger charge is -2.35. The molecule has 1 aliphatic carbocycles. The Bertz CT molecular complexity index is 526. The summed E-state index contributed by atoms with van der Waals surface area (Å²) in [5.41, 5.74) is 8.49. The summed E-state index contributed by atoms with van der Waals surface area (Å²) in [7, 11) is 0. The third-order valence-electron chi connectivity index (χ3n) is 3.52. The number of rotatable bonds is 2. The highest BCUT2D eigenvalue weighted by atomic mass is 32.1. The Labute approximate surface area is 106 Å². The molecule has 17 heavy (non-hydrogen) atoms. The normalized spacial score (nSPS) is 17.8. The first kappa shape index (κ1) is 10.9. The summed E-state index contributed by atoms with van der Waals surface area (Å²) in [6, 6.07) is 10.3. The minimum absolute atomic E-state index is 0.136. The van der Waals surface area contributed by atoms with Crippen LogP contribution in [0.1, 0.15) is 29.1 Å². The zero-order valence-corrected chi connectivity index (χ0v) is 10.8. The molecule has 1 fully saturated rings. The molecule has 3 rings (SSSR count). The van der Waals surface area contributed by atoms with Crippen LogP contribution in [0.15, 0.2) is 30.3 Å². The van der Waals surface area contributed by atoms with E-state index in [0.717, 1.165) is 23.5 Å². The number of nitrogens with two attached hydrogens (primary N) is 1. The number of benzene rings is 1. The van der Waals surface area contributed by atoms with Crippen LogP contribution < -0.4 is 5.73 Å². The maximum absolute atomic E-state index is 6.33. The fraction of sp³-hybridized carbons (Fsp3) is 0.357. The monoisotopic (exact) mass is 244 g/mol. The van der Waals surface area contributed by atoms with Gasteiger partial charge in [0.15, 0.2) is 0 Å². The number of thiazole rings is 1. The van der Waals surface area contributed by atoms with Crippen LogP contribution in [0.3, 0.4) is 0 Å². The van der Waals surface area contributed by atoms with E-state index in [0.29, 0.717) is 0 Å². The van der Waals surface area contributed by atoms with Crippen molar-refractivity contribution in [3.63, 3.8) is 0 Å². The average Bonchev–Trinajstić information content (AvgIpc) is 2.70. The molecule has 1 aliphatic rings. The summed E-state index contributed by atoms with van der Waals surface area (Å²) in [6.45, 7) is 2.13. The highest BCUT2D eigenvalue weighted by Crippen LogP contribution is 2.42. The Morgan fingerprint density at radius 3 is 2.53 bits per heavy atom. The van der Waals surface area contributed by atoms with Crippen LogP contribution in [0, 0.1) is 6.92 Å². The number of nitrogens with zero attached hydrogens (tertiary/aromatic N) is 1. The zero-order chi connectivity index (χ0) is 11.9. The molecule has 0 unspecified atom stereocenters. The second-order valence-corrected chi connectivity index (χ2v) is 6.00. The van der Waals surface area contributed by atoms with Crippen molar-refractivity contribution in [2.45, 2.75) is 31.7 Å². The number of aromatic nitrogens is 1. The van der Waals surface area contributed by atoms with E-state index in [4.69, 9.17) is 10.7 Å². The Morgan fingerprint density at radius 1 is 1.24 bits per heavy atom. The first-order valence-corrected chi connectivity index (χ1v) is 6.83. The maximum Gasteiger partial charge on any atom is 0.113 e. The summed E-state index contributed by atoms with van der Waals surface area (Å²) in [6.07, 6.45) is 3.39. The number of aryl methyl sites for hydroxylation is 1. The second-order valence-electron chi connectivity index (χ2n) is 4.80. The van der Waals surface area contributed by atoms with Gasteiger partial charge in [0.25, 0.3) is 0 Å². The molecule has 3 heteroatoms. The molecule has 0 amide bonds. The van der Waals surface area contributed by atoms with Gasteiger partial charge in [0.05, 0.1) is 11.2 Å². The lowest BCUT2D eigenvalue weighted by atomic mass is 9.78. The summed E-state index contributed by atoms with van der Waals surface area (Å²) >= 11 is 1.76. The summed E-state index contributed by atoms with van der Waals surface area (Å²) < 4.78 is 0. The Balaban J connectivity index is 2.02. The predicted molar refractivity (Wildman–Crippen MR) is 72.0 cm³/mol. The fourth-order valence-electron chi connectivity index (χ4n) is 2.24.